The van der Waals surface area contributed by atoms with Crippen molar-refractivity contribution in [2.45, 2.75) is 0 Å². The SMILES string of the molecule is Nc1cccc(OC(=O)c2cccs2)c1Cl. The number of nitrogen functional groups attached to an aromatic ring is 1. The molecule has 82 valence electrons. The van der Waals surface area contributed by atoms with E-state index in [2.05, 4.69) is 0 Å². The number of benzene rings is 1. The number of anilines is 1. The van der Waals surface area contributed by atoms with Gasteiger partial charge in [-0.25, -0.2) is 4.79 Å². The topological polar surface area (TPSA) is 52.3 Å². The highest BCUT2D eigenvalue weighted by Crippen LogP contribution is 2.30. The lowest BCUT2D eigenvalue weighted by atomic mass is 10.3. The average Bonchev–Trinajstić information content (AvgIpc) is 2.78. The first-order valence-corrected chi connectivity index (χ1v) is 5.74. The van der Waals surface area contributed by atoms with E-state index in [0.29, 0.717) is 10.6 Å². The number of rotatable bonds is 2. The van der Waals surface area contributed by atoms with E-state index in [0.717, 1.165) is 0 Å². The van der Waals surface area contributed by atoms with E-state index in [9.17, 15) is 4.79 Å². The molecular weight excluding hydrogens is 246 g/mol. The summed E-state index contributed by atoms with van der Waals surface area (Å²) in [5.74, 6) is -0.150. The van der Waals surface area contributed by atoms with Crippen LogP contribution >= 0.6 is 22.9 Å². The molecular formula is C11H8ClNO2S. The summed E-state index contributed by atoms with van der Waals surface area (Å²) in [6.07, 6.45) is 0. The van der Waals surface area contributed by atoms with Crippen LogP contribution in [0.2, 0.25) is 5.02 Å². The van der Waals surface area contributed by atoms with Crippen molar-refractivity contribution in [3.05, 3.63) is 45.6 Å². The highest BCUT2D eigenvalue weighted by atomic mass is 35.5. The molecule has 0 saturated heterocycles. The first-order chi connectivity index (χ1) is 7.68. The number of thiophene rings is 1. The van der Waals surface area contributed by atoms with Gasteiger partial charge in [-0.05, 0) is 23.6 Å². The van der Waals surface area contributed by atoms with E-state index in [-0.39, 0.29) is 10.8 Å². The lowest BCUT2D eigenvalue weighted by molar-refractivity contribution is 0.0740. The van der Waals surface area contributed by atoms with Crippen molar-refractivity contribution in [2.24, 2.45) is 0 Å². The predicted octanol–water partition coefficient (Wildman–Crippen LogP) is 3.20. The van der Waals surface area contributed by atoms with Crippen LogP contribution in [-0.2, 0) is 0 Å². The molecule has 0 aliphatic rings. The Labute approximate surface area is 101 Å². The number of nitrogens with two attached hydrogens (primary N) is 1. The summed E-state index contributed by atoms with van der Waals surface area (Å²) < 4.78 is 5.13. The number of hydrogen-bond donors (Lipinski definition) is 1. The lowest BCUT2D eigenvalue weighted by Crippen LogP contribution is -2.07. The van der Waals surface area contributed by atoms with E-state index < -0.39 is 5.97 Å². The predicted molar refractivity (Wildman–Crippen MR) is 65.1 cm³/mol. The van der Waals surface area contributed by atoms with E-state index in [4.69, 9.17) is 22.1 Å². The molecule has 16 heavy (non-hydrogen) atoms. The Morgan fingerprint density at radius 3 is 2.81 bits per heavy atom. The van der Waals surface area contributed by atoms with Crippen LogP contribution in [0.5, 0.6) is 5.75 Å². The molecule has 5 heteroatoms. The fourth-order valence-corrected chi connectivity index (χ4v) is 1.91. The maximum absolute atomic E-state index is 11.6. The quantitative estimate of drug-likeness (QED) is 0.508. The van der Waals surface area contributed by atoms with E-state index in [1.807, 2.05) is 0 Å². The van der Waals surface area contributed by atoms with Gasteiger partial charge in [0, 0.05) is 0 Å². The molecule has 0 amide bonds. The molecule has 0 saturated carbocycles. The number of ether oxygens (including phenoxy) is 1. The van der Waals surface area contributed by atoms with Crippen molar-refractivity contribution < 1.29 is 9.53 Å². The molecule has 1 heterocycles. The van der Waals surface area contributed by atoms with Crippen molar-refractivity contribution in [1.82, 2.24) is 0 Å². The van der Waals surface area contributed by atoms with Crippen molar-refractivity contribution in [3.8, 4) is 5.75 Å². The minimum absolute atomic E-state index is 0.257. The average molecular weight is 254 g/mol. The van der Waals surface area contributed by atoms with E-state index >= 15 is 0 Å². The van der Waals surface area contributed by atoms with Crippen molar-refractivity contribution in [1.29, 1.82) is 0 Å². The van der Waals surface area contributed by atoms with Gasteiger partial charge in [-0.2, -0.15) is 0 Å². The molecule has 0 spiro atoms. The van der Waals surface area contributed by atoms with Gasteiger partial charge in [-0.3, -0.25) is 0 Å². The fraction of sp³-hybridized carbons (Fsp3) is 0. The molecule has 0 aliphatic heterocycles. The fourth-order valence-electron chi connectivity index (χ4n) is 1.15. The maximum Gasteiger partial charge on any atom is 0.353 e. The van der Waals surface area contributed by atoms with Crippen LogP contribution in [0.1, 0.15) is 9.67 Å². The minimum Gasteiger partial charge on any atom is -0.421 e. The monoisotopic (exact) mass is 253 g/mol. The molecule has 0 radical (unpaired) electrons. The number of hydrogen-bond acceptors (Lipinski definition) is 4. The van der Waals surface area contributed by atoms with Gasteiger partial charge in [0.25, 0.3) is 0 Å². The minimum atomic E-state index is -0.428. The largest absolute Gasteiger partial charge is 0.421 e. The summed E-state index contributed by atoms with van der Waals surface area (Å²) in [5.41, 5.74) is 5.98. The van der Waals surface area contributed by atoms with Gasteiger partial charge in [0.2, 0.25) is 0 Å². The molecule has 2 rings (SSSR count). The van der Waals surface area contributed by atoms with Crippen molar-refractivity contribution in [2.75, 3.05) is 5.73 Å². The van der Waals surface area contributed by atoms with Crippen LogP contribution in [0.3, 0.4) is 0 Å². The first kappa shape index (κ1) is 11.0. The molecule has 1 aromatic heterocycles. The molecule has 1 aromatic carbocycles. The van der Waals surface area contributed by atoms with Crippen LogP contribution in [-0.4, -0.2) is 5.97 Å². The van der Waals surface area contributed by atoms with Gasteiger partial charge in [-0.1, -0.05) is 23.7 Å². The second kappa shape index (κ2) is 4.55. The van der Waals surface area contributed by atoms with E-state index in [1.54, 1.807) is 35.7 Å². The summed E-state index contributed by atoms with van der Waals surface area (Å²) in [5, 5.41) is 2.06. The van der Waals surface area contributed by atoms with Gasteiger partial charge in [0.1, 0.15) is 9.90 Å². The third-order valence-corrected chi connectivity index (χ3v) is 3.17. The maximum atomic E-state index is 11.6. The molecule has 0 bridgehead atoms. The zero-order valence-corrected chi connectivity index (χ0v) is 9.72. The highest BCUT2D eigenvalue weighted by molar-refractivity contribution is 7.12. The summed E-state index contributed by atoms with van der Waals surface area (Å²) >= 11 is 7.21. The Bertz CT molecular complexity index is 511. The smallest absolute Gasteiger partial charge is 0.353 e. The Kier molecular flexibility index (Phi) is 3.12. The Hall–Kier alpha value is -1.52. The molecule has 2 N–H and O–H groups in total. The van der Waals surface area contributed by atoms with Gasteiger partial charge in [0.05, 0.1) is 5.69 Å². The van der Waals surface area contributed by atoms with Crippen LogP contribution in [0.25, 0.3) is 0 Å². The van der Waals surface area contributed by atoms with Crippen LogP contribution in [0, 0.1) is 0 Å². The van der Waals surface area contributed by atoms with E-state index in [1.165, 1.54) is 11.3 Å². The lowest BCUT2D eigenvalue weighted by Gasteiger charge is -2.06. The molecule has 0 atom stereocenters. The second-order valence-electron chi connectivity index (χ2n) is 3.03. The molecule has 0 fully saturated rings. The standard InChI is InChI=1S/C11H8ClNO2S/c12-10-7(13)3-1-4-8(10)15-11(14)9-5-2-6-16-9/h1-6H,13H2. The first-order valence-electron chi connectivity index (χ1n) is 4.48. The molecule has 0 unspecified atom stereocenters. The van der Waals surface area contributed by atoms with Gasteiger partial charge >= 0.3 is 5.97 Å². The molecule has 3 nitrogen and oxygen atoms in total. The third kappa shape index (κ3) is 2.18. The highest BCUT2D eigenvalue weighted by Gasteiger charge is 2.12. The zero-order valence-electron chi connectivity index (χ0n) is 8.14. The van der Waals surface area contributed by atoms with Crippen LogP contribution in [0.15, 0.2) is 35.7 Å². The van der Waals surface area contributed by atoms with Gasteiger partial charge in [0.15, 0.2) is 5.75 Å². The normalized spacial score (nSPS) is 10.1. The zero-order chi connectivity index (χ0) is 11.5. The van der Waals surface area contributed by atoms with Crippen molar-refractivity contribution in [3.63, 3.8) is 0 Å². The Morgan fingerprint density at radius 2 is 2.12 bits per heavy atom. The van der Waals surface area contributed by atoms with Gasteiger partial charge in [-0.15, -0.1) is 11.3 Å². The summed E-state index contributed by atoms with van der Waals surface area (Å²) in [7, 11) is 0. The van der Waals surface area contributed by atoms with Crippen molar-refractivity contribution >= 4 is 34.6 Å². The summed E-state index contributed by atoms with van der Waals surface area (Å²) in [4.78, 5) is 12.2. The number of halogens is 1. The second-order valence-corrected chi connectivity index (χ2v) is 4.35. The van der Waals surface area contributed by atoms with Crippen LogP contribution < -0.4 is 10.5 Å². The summed E-state index contributed by atoms with van der Waals surface area (Å²) in [6, 6.07) is 8.39. The number of carbonyl (C=O) groups excluding carboxylic acids is 1. The third-order valence-electron chi connectivity index (χ3n) is 1.92. The Balaban J connectivity index is 2.22. The number of esters is 1. The Morgan fingerprint density at radius 1 is 1.31 bits per heavy atom. The molecule has 2 aromatic rings. The number of carbonyl (C=O) groups is 1. The van der Waals surface area contributed by atoms with Gasteiger partial charge < -0.3 is 10.5 Å². The van der Waals surface area contributed by atoms with Crippen LogP contribution in [0.4, 0.5) is 5.69 Å². The molecule has 0 aliphatic carbocycles. The summed E-state index contributed by atoms with van der Waals surface area (Å²) in [6.45, 7) is 0.